The molecule has 2 aromatic carbocycles. The number of rotatable bonds is 7. The number of aryl methyl sites for hydroxylation is 2. The summed E-state index contributed by atoms with van der Waals surface area (Å²) in [5.74, 6) is -1.14. The van der Waals surface area contributed by atoms with Gasteiger partial charge >= 0.3 is 11.7 Å². The van der Waals surface area contributed by atoms with Crippen molar-refractivity contribution in [3.8, 4) is 0 Å². The molecule has 3 aromatic rings. The van der Waals surface area contributed by atoms with E-state index in [4.69, 9.17) is 5.11 Å². The van der Waals surface area contributed by atoms with Gasteiger partial charge in [-0.25, -0.2) is 4.79 Å². The topological polar surface area (TPSA) is 93.3 Å². The molecule has 3 rings (SSSR count). The minimum atomic E-state index is -0.843. The molecule has 7 heteroatoms. The van der Waals surface area contributed by atoms with Gasteiger partial charge in [0, 0.05) is 18.7 Å². The summed E-state index contributed by atoms with van der Waals surface area (Å²) in [6, 6.07) is 14.4. The van der Waals surface area contributed by atoms with E-state index in [2.05, 4.69) is 5.32 Å². The van der Waals surface area contributed by atoms with Crippen LogP contribution in [0.5, 0.6) is 0 Å². The Bertz CT molecular complexity index is 1030. The molecule has 0 aliphatic rings. The molecule has 0 aliphatic heterocycles. The lowest BCUT2D eigenvalue weighted by molar-refractivity contribution is -0.137. The number of fused-ring (bicyclic) bond motifs is 1. The number of benzene rings is 2. The predicted molar refractivity (Wildman–Crippen MR) is 103 cm³/mol. The molecule has 1 heterocycles. The maximum Gasteiger partial charge on any atom is 0.329 e. The van der Waals surface area contributed by atoms with Crippen LogP contribution in [0.1, 0.15) is 18.9 Å². The van der Waals surface area contributed by atoms with Gasteiger partial charge < -0.3 is 10.4 Å². The van der Waals surface area contributed by atoms with E-state index in [0.717, 1.165) is 16.6 Å². The van der Waals surface area contributed by atoms with E-state index < -0.39 is 5.97 Å². The molecule has 0 spiro atoms. The third kappa shape index (κ3) is 4.08. The average Bonchev–Trinajstić information content (AvgIpc) is 2.92. The lowest BCUT2D eigenvalue weighted by Gasteiger charge is -2.07. The van der Waals surface area contributed by atoms with Crippen LogP contribution >= 0.6 is 0 Å². The monoisotopic (exact) mass is 367 g/mol. The predicted octanol–water partition coefficient (Wildman–Crippen LogP) is 2.48. The fourth-order valence-electron chi connectivity index (χ4n) is 3.08. The molecule has 0 saturated carbocycles. The number of aromatic nitrogens is 2. The van der Waals surface area contributed by atoms with Gasteiger partial charge in [-0.3, -0.25) is 18.7 Å². The van der Waals surface area contributed by atoms with Crippen LogP contribution in [0.3, 0.4) is 0 Å². The largest absolute Gasteiger partial charge is 0.481 e. The summed E-state index contributed by atoms with van der Waals surface area (Å²) >= 11 is 0. The number of hydrogen-bond acceptors (Lipinski definition) is 3. The summed E-state index contributed by atoms with van der Waals surface area (Å²) in [5.41, 5.74) is 2.81. The van der Waals surface area contributed by atoms with Gasteiger partial charge in [0.1, 0.15) is 6.54 Å². The fourth-order valence-corrected chi connectivity index (χ4v) is 3.08. The summed E-state index contributed by atoms with van der Waals surface area (Å²) in [6.45, 7) is 2.35. The number of hydrogen-bond donors (Lipinski definition) is 2. The van der Waals surface area contributed by atoms with Gasteiger partial charge in [0.25, 0.3) is 0 Å². The standard InChI is InChI=1S/C20H21N3O4/c1-2-22-16-5-3-4-6-17(16)23(20(22)27)13-18(24)21-15-10-7-14(8-11-15)9-12-19(25)26/h3-8,10-11H,2,9,12-13H2,1H3,(H,21,24)(H,25,26). The SMILES string of the molecule is CCn1c(=O)n(CC(=O)Nc2ccc(CCC(=O)O)cc2)c2ccccc21. The lowest BCUT2D eigenvalue weighted by Crippen LogP contribution is -2.29. The molecule has 1 amide bonds. The maximum absolute atomic E-state index is 12.6. The fraction of sp³-hybridized carbons (Fsp3) is 0.250. The molecule has 0 saturated heterocycles. The third-order valence-corrected chi connectivity index (χ3v) is 4.41. The number of nitrogens with zero attached hydrogens (tertiary/aromatic N) is 2. The first-order chi connectivity index (χ1) is 13.0. The molecule has 0 atom stereocenters. The molecule has 27 heavy (non-hydrogen) atoms. The number of amides is 1. The number of carboxylic acid groups (broad SMARTS) is 1. The smallest absolute Gasteiger partial charge is 0.329 e. The van der Waals surface area contributed by atoms with Crippen LogP contribution in [0.2, 0.25) is 0 Å². The highest BCUT2D eigenvalue weighted by atomic mass is 16.4. The van der Waals surface area contributed by atoms with Crippen LogP contribution in [0.4, 0.5) is 5.69 Å². The summed E-state index contributed by atoms with van der Waals surface area (Å²) < 4.78 is 3.11. The van der Waals surface area contributed by atoms with Crippen molar-refractivity contribution in [2.45, 2.75) is 32.9 Å². The van der Waals surface area contributed by atoms with Crippen LogP contribution in [0.25, 0.3) is 11.0 Å². The summed E-state index contributed by atoms with van der Waals surface area (Å²) in [5, 5.41) is 11.5. The van der Waals surface area contributed by atoms with Crippen molar-refractivity contribution in [1.29, 1.82) is 0 Å². The van der Waals surface area contributed by atoms with Crippen molar-refractivity contribution in [1.82, 2.24) is 9.13 Å². The Morgan fingerprint density at radius 2 is 1.63 bits per heavy atom. The number of carbonyl (C=O) groups is 2. The minimum absolute atomic E-state index is 0.0656. The molecule has 0 bridgehead atoms. The Morgan fingerprint density at radius 1 is 1.00 bits per heavy atom. The van der Waals surface area contributed by atoms with Crippen molar-refractivity contribution >= 4 is 28.6 Å². The van der Waals surface area contributed by atoms with E-state index >= 15 is 0 Å². The number of nitrogens with one attached hydrogen (secondary N) is 1. The van der Waals surface area contributed by atoms with Crippen LogP contribution < -0.4 is 11.0 Å². The molecule has 0 fully saturated rings. The number of carbonyl (C=O) groups excluding carboxylic acids is 1. The maximum atomic E-state index is 12.6. The minimum Gasteiger partial charge on any atom is -0.481 e. The molecule has 140 valence electrons. The van der Waals surface area contributed by atoms with Gasteiger partial charge in [0.05, 0.1) is 11.0 Å². The first kappa shape index (κ1) is 18.4. The summed E-state index contributed by atoms with van der Waals surface area (Å²) in [7, 11) is 0. The van der Waals surface area contributed by atoms with Crippen molar-refractivity contribution < 1.29 is 14.7 Å². The number of para-hydroxylation sites is 2. The van der Waals surface area contributed by atoms with Gasteiger partial charge in [-0.1, -0.05) is 24.3 Å². The summed E-state index contributed by atoms with van der Waals surface area (Å²) in [4.78, 5) is 35.6. The average molecular weight is 367 g/mol. The lowest BCUT2D eigenvalue weighted by atomic mass is 10.1. The molecule has 0 unspecified atom stereocenters. The zero-order valence-corrected chi connectivity index (χ0v) is 15.0. The second kappa shape index (κ2) is 7.90. The molecular weight excluding hydrogens is 346 g/mol. The molecular formula is C20H21N3O4. The second-order valence-corrected chi connectivity index (χ2v) is 6.24. The van der Waals surface area contributed by atoms with Gasteiger partial charge in [-0.2, -0.15) is 0 Å². The molecule has 0 aliphatic carbocycles. The highest BCUT2D eigenvalue weighted by molar-refractivity contribution is 5.91. The van der Waals surface area contributed by atoms with Crippen LogP contribution in [0, 0.1) is 0 Å². The molecule has 0 radical (unpaired) electrons. The zero-order valence-electron chi connectivity index (χ0n) is 15.0. The van der Waals surface area contributed by atoms with E-state index in [1.165, 1.54) is 4.57 Å². The zero-order chi connectivity index (χ0) is 19.4. The molecule has 7 nitrogen and oxygen atoms in total. The van der Waals surface area contributed by atoms with Gasteiger partial charge in [0.2, 0.25) is 5.91 Å². The van der Waals surface area contributed by atoms with Crippen molar-refractivity contribution in [2.24, 2.45) is 0 Å². The van der Waals surface area contributed by atoms with E-state index in [1.54, 1.807) is 28.8 Å². The van der Waals surface area contributed by atoms with Gasteiger partial charge in [0.15, 0.2) is 0 Å². The van der Waals surface area contributed by atoms with Crippen molar-refractivity contribution in [3.63, 3.8) is 0 Å². The van der Waals surface area contributed by atoms with E-state index in [1.807, 2.05) is 31.2 Å². The Kier molecular flexibility index (Phi) is 5.40. The van der Waals surface area contributed by atoms with E-state index in [0.29, 0.717) is 18.7 Å². The number of imidazole rings is 1. The van der Waals surface area contributed by atoms with Crippen LogP contribution in [0.15, 0.2) is 53.3 Å². The Morgan fingerprint density at radius 3 is 2.22 bits per heavy atom. The Balaban J connectivity index is 1.73. The third-order valence-electron chi connectivity index (χ3n) is 4.41. The molecule has 1 aromatic heterocycles. The van der Waals surface area contributed by atoms with Gasteiger partial charge in [-0.15, -0.1) is 0 Å². The second-order valence-electron chi connectivity index (χ2n) is 6.24. The Labute approximate surface area is 155 Å². The Hall–Kier alpha value is -3.35. The van der Waals surface area contributed by atoms with Crippen molar-refractivity contribution in [3.05, 3.63) is 64.6 Å². The first-order valence-corrected chi connectivity index (χ1v) is 8.78. The van der Waals surface area contributed by atoms with Crippen molar-refractivity contribution in [2.75, 3.05) is 5.32 Å². The van der Waals surface area contributed by atoms with E-state index in [-0.39, 0.29) is 24.6 Å². The van der Waals surface area contributed by atoms with Gasteiger partial charge in [-0.05, 0) is 43.2 Å². The summed E-state index contributed by atoms with van der Waals surface area (Å²) in [6.07, 6.45) is 0.506. The number of aliphatic carboxylic acids is 1. The number of carboxylic acids is 1. The quantitative estimate of drug-likeness (QED) is 0.671. The highest BCUT2D eigenvalue weighted by Crippen LogP contribution is 2.14. The van der Waals surface area contributed by atoms with Crippen LogP contribution in [-0.2, 0) is 29.1 Å². The van der Waals surface area contributed by atoms with Crippen LogP contribution in [-0.4, -0.2) is 26.1 Å². The highest BCUT2D eigenvalue weighted by Gasteiger charge is 2.14. The van der Waals surface area contributed by atoms with E-state index in [9.17, 15) is 14.4 Å². The normalized spacial score (nSPS) is 10.9. The number of anilines is 1. The molecule has 2 N–H and O–H groups in total. The first-order valence-electron chi connectivity index (χ1n) is 8.78.